The van der Waals surface area contributed by atoms with Gasteiger partial charge in [0.25, 0.3) is 0 Å². The zero-order valence-corrected chi connectivity index (χ0v) is 9.94. The summed E-state index contributed by atoms with van der Waals surface area (Å²) in [7, 11) is 0. The molecule has 5 nitrogen and oxygen atoms in total. The second-order valence-corrected chi connectivity index (χ2v) is 4.85. The third-order valence-electron chi connectivity index (χ3n) is 3.09. The number of nitrogens with one attached hydrogen (secondary N) is 1. The van der Waals surface area contributed by atoms with Crippen LogP contribution < -0.4 is 11.1 Å². The monoisotopic (exact) mass is 224 g/mol. The number of nitrogens with zero attached hydrogens (tertiary/aromatic N) is 2. The van der Waals surface area contributed by atoms with Crippen LogP contribution in [0, 0.1) is 5.92 Å². The molecule has 1 heterocycles. The van der Waals surface area contributed by atoms with Crippen LogP contribution in [0.5, 0.6) is 0 Å². The molecule has 0 radical (unpaired) electrons. The normalized spacial score (nSPS) is 27.7. The summed E-state index contributed by atoms with van der Waals surface area (Å²) in [4.78, 5) is 0. The maximum absolute atomic E-state index is 5.66. The maximum Gasteiger partial charge on any atom is 0.315 e. The van der Waals surface area contributed by atoms with Gasteiger partial charge in [0.2, 0.25) is 5.89 Å². The minimum absolute atomic E-state index is 0.201. The average Bonchev–Trinajstić information content (AvgIpc) is 2.66. The predicted molar refractivity (Wildman–Crippen MR) is 61.9 cm³/mol. The Hall–Kier alpha value is -1.10. The van der Waals surface area contributed by atoms with Crippen LogP contribution in [0.2, 0.25) is 0 Å². The Morgan fingerprint density at radius 3 is 2.88 bits per heavy atom. The topological polar surface area (TPSA) is 77.0 Å². The number of hydrogen-bond acceptors (Lipinski definition) is 5. The molecule has 1 aliphatic carbocycles. The lowest BCUT2D eigenvalue weighted by atomic mass is 9.87. The van der Waals surface area contributed by atoms with Crippen molar-refractivity contribution in [3.8, 4) is 0 Å². The van der Waals surface area contributed by atoms with E-state index in [2.05, 4.69) is 22.4 Å². The van der Waals surface area contributed by atoms with Gasteiger partial charge in [0, 0.05) is 6.04 Å². The van der Waals surface area contributed by atoms with Gasteiger partial charge in [-0.25, -0.2) is 0 Å². The number of aromatic nitrogens is 2. The predicted octanol–water partition coefficient (Wildman–Crippen LogP) is 2.08. The molecule has 3 atom stereocenters. The van der Waals surface area contributed by atoms with Crippen LogP contribution in [0.1, 0.15) is 51.5 Å². The van der Waals surface area contributed by atoms with Gasteiger partial charge < -0.3 is 15.5 Å². The molecule has 1 aromatic rings. The summed E-state index contributed by atoms with van der Waals surface area (Å²) >= 11 is 0. The van der Waals surface area contributed by atoms with Crippen LogP contribution in [0.3, 0.4) is 0 Å². The van der Waals surface area contributed by atoms with E-state index in [9.17, 15) is 0 Å². The molecular formula is C11H20N4O. The van der Waals surface area contributed by atoms with E-state index in [0.29, 0.717) is 17.9 Å². The molecule has 0 aliphatic heterocycles. The molecule has 3 N–H and O–H groups in total. The number of hydrogen-bond donors (Lipinski definition) is 2. The van der Waals surface area contributed by atoms with E-state index in [1.165, 1.54) is 25.7 Å². The first-order valence-electron chi connectivity index (χ1n) is 6.00. The van der Waals surface area contributed by atoms with Crippen LogP contribution in [0.4, 0.5) is 6.01 Å². The summed E-state index contributed by atoms with van der Waals surface area (Å²) < 4.78 is 5.42. The molecule has 2 rings (SSSR count). The Morgan fingerprint density at radius 2 is 2.25 bits per heavy atom. The first kappa shape index (κ1) is 11.4. The Bertz CT molecular complexity index is 336. The van der Waals surface area contributed by atoms with Gasteiger partial charge in [0.05, 0.1) is 6.04 Å². The highest BCUT2D eigenvalue weighted by molar-refractivity contribution is 5.20. The van der Waals surface area contributed by atoms with E-state index >= 15 is 0 Å². The first-order valence-corrected chi connectivity index (χ1v) is 6.00. The zero-order chi connectivity index (χ0) is 11.5. The van der Waals surface area contributed by atoms with Crippen molar-refractivity contribution in [2.45, 2.75) is 51.6 Å². The van der Waals surface area contributed by atoms with Crippen LogP contribution in [0.15, 0.2) is 4.42 Å². The van der Waals surface area contributed by atoms with Gasteiger partial charge in [-0.15, -0.1) is 5.10 Å². The molecular weight excluding hydrogens is 204 g/mol. The fraction of sp³-hybridized carbons (Fsp3) is 0.818. The molecule has 1 aromatic heterocycles. The lowest BCUT2D eigenvalue weighted by Gasteiger charge is -2.26. The fourth-order valence-corrected chi connectivity index (χ4v) is 2.22. The van der Waals surface area contributed by atoms with E-state index in [-0.39, 0.29) is 6.04 Å². The molecule has 5 heteroatoms. The standard InChI is InChI=1S/C11H20N4O/c1-7-4-3-5-9(6-7)13-11-15-14-10(16-11)8(2)12/h7-9H,3-6,12H2,1-2H3,(H,13,15). The van der Waals surface area contributed by atoms with E-state index in [1.807, 2.05) is 6.92 Å². The van der Waals surface area contributed by atoms with Gasteiger partial charge in [-0.1, -0.05) is 24.9 Å². The highest BCUT2D eigenvalue weighted by Gasteiger charge is 2.20. The van der Waals surface area contributed by atoms with E-state index < -0.39 is 0 Å². The molecule has 0 amide bonds. The first-order chi connectivity index (χ1) is 7.65. The molecule has 3 unspecified atom stereocenters. The smallest absolute Gasteiger partial charge is 0.315 e. The lowest BCUT2D eigenvalue weighted by Crippen LogP contribution is -2.26. The Labute approximate surface area is 95.8 Å². The second-order valence-electron chi connectivity index (χ2n) is 4.85. The molecule has 90 valence electrons. The van der Waals surface area contributed by atoms with E-state index in [1.54, 1.807) is 0 Å². The third kappa shape index (κ3) is 2.72. The van der Waals surface area contributed by atoms with Crippen molar-refractivity contribution in [3.05, 3.63) is 5.89 Å². The molecule has 0 saturated heterocycles. The minimum atomic E-state index is -0.201. The maximum atomic E-state index is 5.66. The molecule has 1 saturated carbocycles. The van der Waals surface area contributed by atoms with Gasteiger partial charge in [-0.3, -0.25) is 0 Å². The fourth-order valence-electron chi connectivity index (χ4n) is 2.22. The Morgan fingerprint density at radius 1 is 1.44 bits per heavy atom. The van der Waals surface area contributed by atoms with Crippen molar-refractivity contribution in [1.29, 1.82) is 0 Å². The minimum Gasteiger partial charge on any atom is -0.406 e. The Balaban J connectivity index is 1.92. The molecule has 1 fully saturated rings. The summed E-state index contributed by atoms with van der Waals surface area (Å²) in [5.41, 5.74) is 5.66. The van der Waals surface area contributed by atoms with E-state index in [0.717, 1.165) is 5.92 Å². The van der Waals surface area contributed by atoms with Crippen molar-refractivity contribution in [3.63, 3.8) is 0 Å². The van der Waals surface area contributed by atoms with Crippen molar-refractivity contribution >= 4 is 6.01 Å². The van der Waals surface area contributed by atoms with Gasteiger partial charge in [-0.2, -0.15) is 0 Å². The zero-order valence-electron chi connectivity index (χ0n) is 9.94. The highest BCUT2D eigenvalue weighted by atomic mass is 16.4. The quantitative estimate of drug-likeness (QED) is 0.822. The summed E-state index contributed by atoms with van der Waals surface area (Å²) in [5.74, 6) is 1.27. The number of rotatable bonds is 3. The summed E-state index contributed by atoms with van der Waals surface area (Å²) in [5, 5.41) is 11.1. The van der Waals surface area contributed by atoms with Gasteiger partial charge >= 0.3 is 6.01 Å². The molecule has 0 spiro atoms. The molecule has 0 aromatic carbocycles. The third-order valence-corrected chi connectivity index (χ3v) is 3.09. The number of nitrogens with two attached hydrogens (primary N) is 1. The summed E-state index contributed by atoms with van der Waals surface area (Å²) in [6.45, 7) is 4.12. The van der Waals surface area contributed by atoms with Crippen LogP contribution in [-0.4, -0.2) is 16.2 Å². The van der Waals surface area contributed by atoms with Crippen LogP contribution >= 0.6 is 0 Å². The lowest BCUT2D eigenvalue weighted by molar-refractivity contribution is 0.352. The SMILES string of the molecule is CC1CCCC(Nc2nnc(C(C)N)o2)C1. The van der Waals surface area contributed by atoms with Crippen LogP contribution in [0.25, 0.3) is 0 Å². The summed E-state index contributed by atoms with van der Waals surface area (Å²) in [6.07, 6.45) is 4.95. The van der Waals surface area contributed by atoms with Crippen LogP contribution in [-0.2, 0) is 0 Å². The van der Waals surface area contributed by atoms with Gasteiger partial charge in [-0.05, 0) is 25.7 Å². The average molecular weight is 224 g/mol. The molecule has 1 aliphatic rings. The second kappa shape index (κ2) is 4.82. The Kier molecular flexibility index (Phi) is 3.43. The number of anilines is 1. The van der Waals surface area contributed by atoms with Crippen molar-refractivity contribution in [2.24, 2.45) is 11.7 Å². The molecule has 0 bridgehead atoms. The summed E-state index contributed by atoms with van der Waals surface area (Å²) in [6, 6.07) is 0.768. The largest absolute Gasteiger partial charge is 0.406 e. The van der Waals surface area contributed by atoms with Gasteiger partial charge in [0.15, 0.2) is 0 Å². The van der Waals surface area contributed by atoms with Crippen molar-refractivity contribution in [2.75, 3.05) is 5.32 Å². The molecule has 16 heavy (non-hydrogen) atoms. The van der Waals surface area contributed by atoms with Crippen molar-refractivity contribution < 1.29 is 4.42 Å². The highest BCUT2D eigenvalue weighted by Crippen LogP contribution is 2.26. The van der Waals surface area contributed by atoms with Crippen molar-refractivity contribution in [1.82, 2.24) is 10.2 Å². The van der Waals surface area contributed by atoms with E-state index in [4.69, 9.17) is 10.2 Å². The van der Waals surface area contributed by atoms with Gasteiger partial charge in [0.1, 0.15) is 0 Å².